The summed E-state index contributed by atoms with van der Waals surface area (Å²) in [6.45, 7) is 5.24. The Kier molecular flexibility index (Phi) is 5.56. The van der Waals surface area contributed by atoms with Crippen LogP contribution in [0.4, 0.5) is 0 Å². The van der Waals surface area contributed by atoms with Crippen LogP contribution in [-0.4, -0.2) is 42.8 Å². The molecule has 0 aromatic heterocycles. The van der Waals surface area contributed by atoms with E-state index in [9.17, 15) is 4.79 Å². The van der Waals surface area contributed by atoms with Gasteiger partial charge in [0.2, 0.25) is 6.10 Å². The first kappa shape index (κ1) is 18.0. The van der Waals surface area contributed by atoms with Gasteiger partial charge in [-0.25, -0.2) is 0 Å². The average Bonchev–Trinajstić information content (AvgIpc) is 3.14. The van der Waals surface area contributed by atoms with E-state index in [0.29, 0.717) is 13.1 Å². The lowest BCUT2D eigenvalue weighted by Crippen LogP contribution is -2.42. The van der Waals surface area contributed by atoms with E-state index in [4.69, 9.17) is 9.57 Å². The molecule has 3 rings (SSSR count). The number of ether oxygens (including phenoxy) is 1. The molecule has 2 aromatic rings. The summed E-state index contributed by atoms with van der Waals surface area (Å²) in [6.07, 6.45) is -0.644. The van der Waals surface area contributed by atoms with Crippen LogP contribution in [0.15, 0.2) is 59.8 Å². The highest BCUT2D eigenvalue weighted by molar-refractivity contribution is 6.09. The van der Waals surface area contributed by atoms with Gasteiger partial charge in [0.25, 0.3) is 5.91 Å². The molecule has 0 saturated carbocycles. The summed E-state index contributed by atoms with van der Waals surface area (Å²) in [5, 5.41) is 4.30. The second-order valence-electron chi connectivity index (χ2n) is 6.13. The molecule has 5 nitrogen and oxygen atoms in total. The number of hydrogen-bond acceptors (Lipinski definition) is 4. The van der Waals surface area contributed by atoms with Crippen LogP contribution in [0.1, 0.15) is 30.9 Å². The number of carbonyl (C=O) groups is 1. The molecule has 0 unspecified atom stereocenters. The number of nitrogens with zero attached hydrogens (tertiary/aromatic N) is 2. The highest BCUT2D eigenvalue weighted by atomic mass is 16.6. The van der Waals surface area contributed by atoms with E-state index in [1.165, 1.54) is 0 Å². The number of hydrogen-bond donors (Lipinski definition) is 0. The summed E-state index contributed by atoms with van der Waals surface area (Å²) in [7, 11) is 1.64. The lowest BCUT2D eigenvalue weighted by Gasteiger charge is -2.25. The number of oxime groups is 1. The van der Waals surface area contributed by atoms with Crippen LogP contribution in [0.3, 0.4) is 0 Å². The summed E-state index contributed by atoms with van der Waals surface area (Å²) >= 11 is 0. The highest BCUT2D eigenvalue weighted by Crippen LogP contribution is 2.33. The molecule has 0 N–H and O–H groups in total. The van der Waals surface area contributed by atoms with E-state index in [-0.39, 0.29) is 11.8 Å². The van der Waals surface area contributed by atoms with Crippen molar-refractivity contribution in [3.63, 3.8) is 0 Å². The molecule has 0 bridgehead atoms. The van der Waals surface area contributed by atoms with E-state index in [1.54, 1.807) is 12.0 Å². The van der Waals surface area contributed by atoms with Crippen molar-refractivity contribution in [2.45, 2.75) is 25.9 Å². The van der Waals surface area contributed by atoms with Crippen molar-refractivity contribution in [1.82, 2.24) is 4.90 Å². The van der Waals surface area contributed by atoms with Crippen LogP contribution in [0, 0.1) is 0 Å². The predicted octanol–water partition coefficient (Wildman–Crippen LogP) is 3.45. The van der Waals surface area contributed by atoms with Crippen LogP contribution in [-0.2, 0) is 9.63 Å². The van der Waals surface area contributed by atoms with Crippen molar-refractivity contribution in [3.8, 4) is 5.75 Å². The fourth-order valence-electron chi connectivity index (χ4n) is 3.26. The maximum absolute atomic E-state index is 13.0. The largest absolute Gasteiger partial charge is 0.497 e. The van der Waals surface area contributed by atoms with Crippen molar-refractivity contribution in [1.29, 1.82) is 0 Å². The predicted molar refractivity (Wildman–Crippen MR) is 102 cm³/mol. The van der Waals surface area contributed by atoms with Crippen LogP contribution in [0.5, 0.6) is 5.75 Å². The third kappa shape index (κ3) is 3.43. The molecule has 2 atom stereocenters. The van der Waals surface area contributed by atoms with E-state index in [1.807, 2.05) is 68.4 Å². The molecular formula is C21H24N2O3. The third-order valence-electron chi connectivity index (χ3n) is 4.72. The van der Waals surface area contributed by atoms with Gasteiger partial charge in [-0.1, -0.05) is 35.5 Å². The van der Waals surface area contributed by atoms with Gasteiger partial charge in [-0.2, -0.15) is 0 Å². The zero-order valence-electron chi connectivity index (χ0n) is 15.4. The summed E-state index contributed by atoms with van der Waals surface area (Å²) in [5.41, 5.74) is 2.71. The van der Waals surface area contributed by atoms with Gasteiger partial charge in [-0.15, -0.1) is 0 Å². The minimum Gasteiger partial charge on any atom is -0.497 e. The Morgan fingerprint density at radius 3 is 2.31 bits per heavy atom. The van der Waals surface area contributed by atoms with Gasteiger partial charge in [-0.05, 0) is 43.7 Å². The van der Waals surface area contributed by atoms with Gasteiger partial charge in [0.1, 0.15) is 5.75 Å². The normalized spacial score (nSPS) is 18.8. The van der Waals surface area contributed by atoms with Crippen molar-refractivity contribution >= 4 is 11.6 Å². The molecule has 0 fully saturated rings. The number of methoxy groups -OCH3 is 1. The monoisotopic (exact) mass is 352 g/mol. The SMILES string of the molecule is CCN(CC)C(=O)[C@H]1ON=C(c2ccc(OC)cc2)[C@@H]1c1ccccc1. The number of carbonyl (C=O) groups excluding carboxylic acids is 1. The molecule has 0 aliphatic carbocycles. The summed E-state index contributed by atoms with van der Waals surface area (Å²) in [4.78, 5) is 20.4. The fourth-order valence-corrected chi connectivity index (χ4v) is 3.26. The number of rotatable bonds is 6. The van der Waals surface area contributed by atoms with Gasteiger partial charge in [0.05, 0.1) is 18.7 Å². The van der Waals surface area contributed by atoms with Gasteiger partial charge < -0.3 is 14.5 Å². The highest BCUT2D eigenvalue weighted by Gasteiger charge is 2.42. The first-order chi connectivity index (χ1) is 12.7. The molecule has 1 aliphatic rings. The van der Waals surface area contributed by atoms with Gasteiger partial charge in [0.15, 0.2) is 0 Å². The molecule has 0 saturated heterocycles. The summed E-state index contributed by atoms with van der Waals surface area (Å²) in [5.74, 6) is 0.508. The molecule has 1 amide bonds. The molecule has 1 heterocycles. The smallest absolute Gasteiger partial charge is 0.267 e. The first-order valence-corrected chi connectivity index (χ1v) is 8.91. The molecule has 5 heteroatoms. The average molecular weight is 352 g/mol. The molecule has 26 heavy (non-hydrogen) atoms. The van der Waals surface area contributed by atoms with Crippen molar-refractivity contribution < 1.29 is 14.4 Å². The Morgan fingerprint density at radius 1 is 1.08 bits per heavy atom. The van der Waals surface area contributed by atoms with Crippen LogP contribution < -0.4 is 4.74 Å². The molecule has 0 radical (unpaired) electrons. The second-order valence-corrected chi connectivity index (χ2v) is 6.13. The minimum atomic E-state index is -0.644. The lowest BCUT2D eigenvalue weighted by atomic mass is 9.85. The zero-order chi connectivity index (χ0) is 18.5. The summed E-state index contributed by atoms with van der Waals surface area (Å²) < 4.78 is 5.23. The Morgan fingerprint density at radius 2 is 1.73 bits per heavy atom. The van der Waals surface area contributed by atoms with Gasteiger partial charge in [-0.3, -0.25) is 4.79 Å². The van der Waals surface area contributed by atoms with Crippen LogP contribution in [0.25, 0.3) is 0 Å². The van der Waals surface area contributed by atoms with E-state index >= 15 is 0 Å². The third-order valence-corrected chi connectivity index (χ3v) is 4.72. The number of likely N-dealkylation sites (N-methyl/N-ethyl adjacent to an activating group) is 1. The fraction of sp³-hybridized carbons (Fsp3) is 0.333. The van der Waals surface area contributed by atoms with E-state index in [0.717, 1.165) is 22.6 Å². The second kappa shape index (κ2) is 8.04. The maximum atomic E-state index is 13.0. The molecule has 2 aromatic carbocycles. The maximum Gasteiger partial charge on any atom is 0.267 e. The standard InChI is InChI=1S/C21H24N2O3/c1-4-23(5-2)21(24)20-18(15-9-7-6-8-10-15)19(22-26-20)16-11-13-17(25-3)14-12-16/h6-14,18,20H,4-5H2,1-3H3/t18-,20-/m0/s1. The van der Waals surface area contributed by atoms with Crippen molar-refractivity contribution in [3.05, 3.63) is 65.7 Å². The molecule has 1 aliphatic heterocycles. The number of benzene rings is 2. The van der Waals surface area contributed by atoms with Crippen LogP contribution in [0.2, 0.25) is 0 Å². The molecule has 136 valence electrons. The topological polar surface area (TPSA) is 51.1 Å². The van der Waals surface area contributed by atoms with Crippen molar-refractivity contribution in [2.24, 2.45) is 5.16 Å². The van der Waals surface area contributed by atoms with Gasteiger partial charge >= 0.3 is 0 Å². The zero-order valence-corrected chi connectivity index (χ0v) is 15.4. The quantitative estimate of drug-likeness (QED) is 0.800. The Bertz CT molecular complexity index is 768. The van der Waals surface area contributed by atoms with E-state index < -0.39 is 6.10 Å². The molecule has 0 spiro atoms. The Hall–Kier alpha value is -2.82. The minimum absolute atomic E-state index is 0.0314. The van der Waals surface area contributed by atoms with E-state index in [2.05, 4.69) is 5.16 Å². The van der Waals surface area contributed by atoms with Crippen molar-refractivity contribution in [2.75, 3.05) is 20.2 Å². The van der Waals surface area contributed by atoms with Crippen LogP contribution >= 0.6 is 0 Å². The first-order valence-electron chi connectivity index (χ1n) is 8.91. The number of amides is 1. The van der Waals surface area contributed by atoms with Gasteiger partial charge in [0, 0.05) is 18.7 Å². The lowest BCUT2D eigenvalue weighted by molar-refractivity contribution is -0.142. The Labute approximate surface area is 154 Å². The summed E-state index contributed by atoms with van der Waals surface area (Å²) in [6, 6.07) is 17.6. The Balaban J connectivity index is 1.97. The molecular weight excluding hydrogens is 328 g/mol.